The van der Waals surface area contributed by atoms with Gasteiger partial charge in [0.25, 0.3) is 11.8 Å². The van der Waals surface area contributed by atoms with Crippen molar-refractivity contribution in [2.75, 3.05) is 57.4 Å². The number of fused-ring (bicyclic) bond motifs is 5. The van der Waals surface area contributed by atoms with Crippen molar-refractivity contribution in [1.82, 2.24) is 14.4 Å². The van der Waals surface area contributed by atoms with E-state index in [4.69, 9.17) is 33.2 Å². The first kappa shape index (κ1) is 49.1. The average molecular weight is 968 g/mol. The molecule has 20 nitrogen and oxygen atoms in total. The molecule has 5 heterocycles. The van der Waals surface area contributed by atoms with Crippen molar-refractivity contribution in [3.05, 3.63) is 94.5 Å². The quantitative estimate of drug-likeness (QED) is 0.156. The van der Waals surface area contributed by atoms with Gasteiger partial charge in [0.2, 0.25) is 11.6 Å². The lowest BCUT2D eigenvalue weighted by molar-refractivity contribution is 0.0310. The van der Waals surface area contributed by atoms with Gasteiger partial charge in [-0.3, -0.25) is 19.2 Å². The highest BCUT2D eigenvalue weighted by atomic mass is 16.6. The van der Waals surface area contributed by atoms with Gasteiger partial charge in [0, 0.05) is 50.1 Å². The van der Waals surface area contributed by atoms with Crippen molar-refractivity contribution < 1.29 is 72.1 Å². The molecule has 0 spiro atoms. The molecule has 2 saturated heterocycles. The van der Waals surface area contributed by atoms with Crippen LogP contribution in [-0.2, 0) is 27.9 Å². The highest BCUT2D eigenvalue weighted by molar-refractivity contribution is 6.24. The molecule has 0 radical (unpaired) electrons. The van der Waals surface area contributed by atoms with Crippen LogP contribution in [0.3, 0.4) is 0 Å². The number of aryl methyl sites for hydroxylation is 1. The van der Waals surface area contributed by atoms with Crippen LogP contribution in [0.15, 0.2) is 66.6 Å². The van der Waals surface area contributed by atoms with E-state index in [1.807, 2.05) is 0 Å². The van der Waals surface area contributed by atoms with Gasteiger partial charge in [-0.05, 0) is 65.0 Å². The summed E-state index contributed by atoms with van der Waals surface area (Å²) >= 11 is 0. The number of allylic oxidation sites excluding steroid dienone is 2. The Morgan fingerprint density at radius 3 is 1.69 bits per heavy atom. The molecular formula is C50H57N5O15. The van der Waals surface area contributed by atoms with Crippen LogP contribution in [0.5, 0.6) is 23.0 Å². The van der Waals surface area contributed by atoms with E-state index < -0.39 is 72.3 Å². The lowest BCUT2D eigenvalue weighted by Gasteiger charge is -2.33. The topological polar surface area (TPSA) is 225 Å². The number of aliphatic hydroxyl groups excluding tert-OH is 2. The smallest absolute Gasteiger partial charge is 0.417 e. The number of rotatable bonds is 13. The van der Waals surface area contributed by atoms with Crippen LogP contribution in [0.1, 0.15) is 100 Å². The second-order valence-electron chi connectivity index (χ2n) is 18.7. The third kappa shape index (κ3) is 9.03. The number of ether oxygens (including phenoxy) is 7. The van der Waals surface area contributed by atoms with Gasteiger partial charge < -0.3 is 57.7 Å². The molecule has 20 heteroatoms. The number of carbonyl (C=O) groups excluding carboxylic acids is 6. The number of aliphatic hydroxyl groups is 2. The standard InChI is InChI=1S/C50H57N5O15/c1-26-15-33-46(60)54(48(62)69-25-28-24-51(6)42-35(56)21-40(66-9)43(57)41(28)42)31-19-38(36(64-7)17-29(31)44(58)52(33)22-26)67-13-11-10-12-14-68-39-20-32-30(18-37(39)65-8)45(59)53-23-27(2)16-34(53)47(61)55(32)49(63)70-50(3,4)5/h17-21,24,33-34,46-47,60-61H,1-2,10-16,22-23,25H2,3-9H3/t33-,34-,46?,47?/m0/s1. The Balaban J connectivity index is 0.966. The van der Waals surface area contributed by atoms with E-state index in [1.165, 1.54) is 66.2 Å². The Bertz CT molecular complexity index is 2730. The molecule has 8 rings (SSSR count). The van der Waals surface area contributed by atoms with Crippen molar-refractivity contribution in [2.24, 2.45) is 7.05 Å². The largest absolute Gasteiger partial charge is 0.493 e. The van der Waals surface area contributed by atoms with Gasteiger partial charge in [0.1, 0.15) is 17.9 Å². The van der Waals surface area contributed by atoms with Crippen molar-refractivity contribution in [2.45, 2.75) is 89.6 Å². The summed E-state index contributed by atoms with van der Waals surface area (Å²) in [6.07, 6.45) is -0.144. The van der Waals surface area contributed by atoms with Crippen LogP contribution in [0.2, 0.25) is 0 Å². The summed E-state index contributed by atoms with van der Waals surface area (Å²) < 4.78 is 41.7. The summed E-state index contributed by atoms with van der Waals surface area (Å²) in [7, 11) is 5.70. The van der Waals surface area contributed by atoms with Crippen molar-refractivity contribution in [3.63, 3.8) is 0 Å². The molecule has 2 fully saturated rings. The minimum atomic E-state index is -1.59. The Kier molecular flexibility index (Phi) is 13.5. The minimum Gasteiger partial charge on any atom is -0.493 e. The molecule has 2 aromatic carbocycles. The summed E-state index contributed by atoms with van der Waals surface area (Å²) in [5.74, 6) is -1.19. The molecular weight excluding hydrogens is 911 g/mol. The lowest BCUT2D eigenvalue weighted by atomic mass is 9.97. The maximum Gasteiger partial charge on any atom is 0.417 e. The summed E-state index contributed by atoms with van der Waals surface area (Å²) in [6, 6.07) is 4.27. The van der Waals surface area contributed by atoms with E-state index in [9.17, 15) is 39.0 Å². The SMILES string of the molecule is C=C1C[C@H]2C(O)N(C(=O)OCc3cn(C)c4c3C(=O)C(OC)=CC4=O)c3cc(OCCCCCOc4cc5c(cc4OC)C(=O)N4CC(=C)C[C@H]4C(O)N5C(=O)OC(C)(C)C)c(OC)cc3C(=O)N2C1. The molecule has 4 aliphatic heterocycles. The molecule has 372 valence electrons. The molecule has 5 aliphatic rings. The van der Waals surface area contributed by atoms with Crippen LogP contribution < -0.4 is 28.7 Å². The molecule has 0 saturated carbocycles. The number of carbonyl (C=O) groups is 6. The zero-order valence-electron chi connectivity index (χ0n) is 40.2. The molecule has 1 aliphatic carbocycles. The van der Waals surface area contributed by atoms with E-state index in [0.717, 1.165) is 21.4 Å². The fourth-order valence-electron chi connectivity index (χ4n) is 9.51. The number of ketones is 2. The van der Waals surface area contributed by atoms with Gasteiger partial charge in [-0.2, -0.15) is 0 Å². The summed E-state index contributed by atoms with van der Waals surface area (Å²) in [5.41, 5.74) is 1.17. The number of benzene rings is 2. The minimum absolute atomic E-state index is 0.00216. The molecule has 70 heavy (non-hydrogen) atoms. The van der Waals surface area contributed by atoms with Crippen LogP contribution in [0, 0.1) is 0 Å². The van der Waals surface area contributed by atoms with Gasteiger partial charge in [0.15, 0.2) is 41.2 Å². The van der Waals surface area contributed by atoms with Crippen molar-refractivity contribution in [3.8, 4) is 23.0 Å². The van der Waals surface area contributed by atoms with Crippen LogP contribution in [0.4, 0.5) is 21.0 Å². The maximum atomic E-state index is 14.2. The first-order valence-electron chi connectivity index (χ1n) is 22.8. The number of Topliss-reactive ketones (excluding diaryl/α,β-unsaturated/α-hetero) is 1. The zero-order chi connectivity index (χ0) is 50.5. The predicted molar refractivity (Wildman–Crippen MR) is 251 cm³/mol. The van der Waals surface area contributed by atoms with E-state index in [2.05, 4.69) is 13.2 Å². The number of methoxy groups -OCH3 is 3. The van der Waals surface area contributed by atoms with E-state index in [-0.39, 0.29) is 101 Å². The van der Waals surface area contributed by atoms with Gasteiger partial charge >= 0.3 is 12.2 Å². The Morgan fingerprint density at radius 2 is 1.21 bits per heavy atom. The molecule has 2 unspecified atom stereocenters. The second-order valence-corrected chi connectivity index (χ2v) is 18.7. The summed E-state index contributed by atoms with van der Waals surface area (Å²) in [5, 5.41) is 23.5. The van der Waals surface area contributed by atoms with E-state index >= 15 is 0 Å². The average Bonchev–Trinajstić information content (AvgIpc) is 3.99. The zero-order valence-corrected chi connectivity index (χ0v) is 40.2. The second kappa shape index (κ2) is 19.2. The number of amides is 4. The van der Waals surface area contributed by atoms with Crippen LogP contribution in [0.25, 0.3) is 0 Å². The number of hydrogen-bond acceptors (Lipinski definition) is 15. The molecule has 4 amide bonds. The first-order valence-corrected chi connectivity index (χ1v) is 22.8. The van der Waals surface area contributed by atoms with Gasteiger partial charge in [-0.25, -0.2) is 19.4 Å². The van der Waals surface area contributed by atoms with Gasteiger partial charge in [0.05, 0.1) is 74.7 Å². The molecule has 2 N–H and O–H groups in total. The fraction of sp³-hybridized carbons (Fsp3) is 0.440. The van der Waals surface area contributed by atoms with Crippen LogP contribution >= 0.6 is 0 Å². The van der Waals surface area contributed by atoms with Crippen molar-refractivity contribution in [1.29, 1.82) is 0 Å². The molecule has 0 bridgehead atoms. The molecule has 4 atom stereocenters. The Morgan fingerprint density at radius 1 is 0.714 bits per heavy atom. The summed E-state index contributed by atoms with van der Waals surface area (Å²) in [6.45, 7) is 13.4. The van der Waals surface area contributed by atoms with Crippen LogP contribution in [-0.4, -0.2) is 138 Å². The molecule has 3 aromatic rings. The number of anilines is 2. The van der Waals surface area contributed by atoms with Crippen molar-refractivity contribution >= 4 is 46.9 Å². The monoisotopic (exact) mass is 967 g/mol. The predicted octanol–water partition coefficient (Wildman–Crippen LogP) is 5.67. The third-order valence-electron chi connectivity index (χ3n) is 12.7. The number of nitrogens with zero attached hydrogens (tertiary/aromatic N) is 5. The fourth-order valence-corrected chi connectivity index (χ4v) is 9.51. The normalized spacial score (nSPS) is 20.7. The maximum absolute atomic E-state index is 14.2. The number of aromatic nitrogens is 1. The highest BCUT2D eigenvalue weighted by Gasteiger charge is 2.48. The van der Waals surface area contributed by atoms with Gasteiger partial charge in [-0.1, -0.05) is 24.3 Å². The number of hydrogen-bond donors (Lipinski definition) is 2. The number of unbranched alkanes of at least 4 members (excludes halogenated alkanes) is 2. The lowest BCUT2D eigenvalue weighted by Crippen LogP contribution is -2.51. The highest BCUT2D eigenvalue weighted by Crippen LogP contribution is 2.44. The summed E-state index contributed by atoms with van der Waals surface area (Å²) in [4.78, 5) is 87.0. The first-order chi connectivity index (χ1) is 33.3. The van der Waals surface area contributed by atoms with E-state index in [0.29, 0.717) is 31.3 Å². The molecule has 1 aromatic heterocycles. The van der Waals surface area contributed by atoms with E-state index in [1.54, 1.807) is 27.8 Å². The third-order valence-corrected chi connectivity index (χ3v) is 12.7. The Labute approximate surface area is 404 Å². The Hall–Kier alpha value is -7.32. The van der Waals surface area contributed by atoms with Gasteiger partial charge in [-0.15, -0.1) is 0 Å².